The van der Waals surface area contributed by atoms with Crippen molar-refractivity contribution in [2.45, 2.75) is 38.9 Å². The summed E-state index contributed by atoms with van der Waals surface area (Å²) in [6.07, 6.45) is 0. The van der Waals surface area contributed by atoms with Crippen LogP contribution in [0, 0.1) is 0 Å². The Hall–Kier alpha value is -0.305. The molecule has 0 amide bonds. The number of ether oxygens (including phenoxy) is 1. The molecule has 0 spiro atoms. The largest absolute Gasteiger partial charge is 0.496 e. The quantitative estimate of drug-likeness (QED) is 0.633. The molecule has 5 nitrogen and oxygen atoms in total. The van der Waals surface area contributed by atoms with E-state index in [4.69, 9.17) is 25.6 Å². The minimum absolute atomic E-state index is 0.388. The highest BCUT2D eigenvalue weighted by Gasteiger charge is 2.52. The highest BCUT2D eigenvalue weighted by atomic mass is 79.9. The van der Waals surface area contributed by atoms with Crippen molar-refractivity contribution in [1.82, 2.24) is 9.80 Å². The topological polar surface area (TPSA) is 34.2 Å². The summed E-state index contributed by atoms with van der Waals surface area (Å²) in [5.74, 6) is 0.679. The summed E-state index contributed by atoms with van der Waals surface area (Å²) in [6.45, 7) is 14.1. The van der Waals surface area contributed by atoms with E-state index in [1.807, 2.05) is 39.8 Å². The van der Waals surface area contributed by atoms with Crippen molar-refractivity contribution in [2.24, 2.45) is 0 Å². The van der Waals surface area contributed by atoms with E-state index < -0.39 is 7.12 Å². The first-order valence-electron chi connectivity index (χ1n) is 9.48. The molecular weight excluding hydrogens is 430 g/mol. The molecule has 27 heavy (non-hydrogen) atoms. The van der Waals surface area contributed by atoms with Gasteiger partial charge in [0.2, 0.25) is 0 Å². The Balaban J connectivity index is 1.62. The van der Waals surface area contributed by atoms with Gasteiger partial charge in [0.15, 0.2) is 0 Å². The van der Waals surface area contributed by atoms with E-state index in [9.17, 15) is 0 Å². The van der Waals surface area contributed by atoms with Crippen molar-refractivity contribution in [2.75, 3.05) is 46.4 Å². The Labute approximate surface area is 176 Å². The van der Waals surface area contributed by atoms with Crippen molar-refractivity contribution in [1.29, 1.82) is 0 Å². The number of likely N-dealkylation sites (N-methyl/N-ethyl adjacent to an activating group) is 1. The van der Waals surface area contributed by atoms with Gasteiger partial charge in [-0.15, -0.1) is 0 Å². The van der Waals surface area contributed by atoms with Crippen molar-refractivity contribution in [3.05, 3.63) is 21.6 Å². The second kappa shape index (κ2) is 8.21. The molecule has 0 aliphatic carbocycles. The molecule has 0 atom stereocenters. The molecule has 150 valence electrons. The van der Waals surface area contributed by atoms with E-state index in [1.165, 1.54) is 0 Å². The Bertz CT molecular complexity index is 665. The van der Waals surface area contributed by atoms with Crippen LogP contribution < -0.4 is 10.2 Å². The van der Waals surface area contributed by atoms with Gasteiger partial charge in [0, 0.05) is 37.2 Å². The van der Waals surface area contributed by atoms with Crippen LogP contribution in [0.3, 0.4) is 0 Å². The van der Waals surface area contributed by atoms with Gasteiger partial charge in [-0.05, 0) is 62.2 Å². The van der Waals surface area contributed by atoms with Crippen molar-refractivity contribution < 1.29 is 14.0 Å². The van der Waals surface area contributed by atoms with Gasteiger partial charge in [-0.3, -0.25) is 4.90 Å². The lowest BCUT2D eigenvalue weighted by Crippen LogP contribution is -2.45. The molecule has 0 N–H and O–H groups in total. The van der Waals surface area contributed by atoms with Gasteiger partial charge >= 0.3 is 7.12 Å². The molecule has 8 heteroatoms. The lowest BCUT2D eigenvalue weighted by atomic mass is 9.79. The zero-order valence-corrected chi connectivity index (χ0v) is 19.2. The highest BCUT2D eigenvalue weighted by molar-refractivity contribution is 9.10. The second-order valence-electron chi connectivity index (χ2n) is 8.36. The predicted molar refractivity (Wildman–Crippen MR) is 114 cm³/mol. The fourth-order valence-electron chi connectivity index (χ4n) is 3.17. The van der Waals surface area contributed by atoms with Gasteiger partial charge in [0.1, 0.15) is 12.4 Å². The average molecular weight is 460 g/mol. The molecule has 0 unspecified atom stereocenters. The SMILES string of the molecule is CN1CCN(CCOc2ccc(B3OC(C)(C)C(C)(C)O3)c(Br)c2Cl)CC1. The van der Waals surface area contributed by atoms with E-state index in [0.717, 1.165) is 42.7 Å². The van der Waals surface area contributed by atoms with E-state index in [0.29, 0.717) is 17.4 Å². The number of piperazine rings is 1. The molecule has 0 bridgehead atoms. The Morgan fingerprint density at radius 1 is 1.11 bits per heavy atom. The normalized spacial score (nSPS) is 23.0. The van der Waals surface area contributed by atoms with Crippen LogP contribution in [0.15, 0.2) is 16.6 Å². The summed E-state index contributed by atoms with van der Waals surface area (Å²) >= 11 is 10.2. The van der Waals surface area contributed by atoms with E-state index in [2.05, 4.69) is 32.8 Å². The number of nitrogens with zero attached hydrogens (tertiary/aromatic N) is 2. The third kappa shape index (κ3) is 4.65. The number of hydrogen-bond acceptors (Lipinski definition) is 5. The first kappa shape index (κ1) is 21.4. The molecule has 2 saturated heterocycles. The third-order valence-corrected chi connectivity index (χ3v) is 7.30. The zero-order valence-electron chi connectivity index (χ0n) is 16.8. The number of rotatable bonds is 5. The Kier molecular flexibility index (Phi) is 6.51. The van der Waals surface area contributed by atoms with Gasteiger partial charge < -0.3 is 18.9 Å². The summed E-state index contributed by atoms with van der Waals surface area (Å²) in [6, 6.07) is 3.86. The van der Waals surface area contributed by atoms with E-state index in [-0.39, 0.29) is 11.2 Å². The van der Waals surface area contributed by atoms with Gasteiger partial charge in [0.05, 0.1) is 16.2 Å². The fourth-order valence-corrected chi connectivity index (χ4v) is 3.91. The predicted octanol–water partition coefficient (Wildman–Crippen LogP) is 3.03. The van der Waals surface area contributed by atoms with Crippen LogP contribution in [0.25, 0.3) is 0 Å². The van der Waals surface area contributed by atoms with Crippen molar-refractivity contribution in [3.8, 4) is 5.75 Å². The lowest BCUT2D eigenvalue weighted by molar-refractivity contribution is 0.00578. The minimum atomic E-state index is -0.457. The summed E-state index contributed by atoms with van der Waals surface area (Å²) in [4.78, 5) is 4.77. The summed E-state index contributed by atoms with van der Waals surface area (Å²) in [7, 11) is 1.70. The summed E-state index contributed by atoms with van der Waals surface area (Å²) in [5, 5.41) is 0.556. The average Bonchev–Trinajstić information content (AvgIpc) is 2.81. The number of benzene rings is 1. The van der Waals surface area contributed by atoms with Crippen LogP contribution in [-0.4, -0.2) is 74.5 Å². The second-order valence-corrected chi connectivity index (χ2v) is 9.53. The monoisotopic (exact) mass is 458 g/mol. The van der Waals surface area contributed by atoms with Crippen LogP contribution >= 0.6 is 27.5 Å². The number of hydrogen-bond donors (Lipinski definition) is 0. The first-order valence-corrected chi connectivity index (χ1v) is 10.6. The summed E-state index contributed by atoms with van der Waals surface area (Å²) in [5.41, 5.74) is 0.104. The highest BCUT2D eigenvalue weighted by Crippen LogP contribution is 2.38. The molecule has 2 fully saturated rings. The Morgan fingerprint density at radius 2 is 1.70 bits per heavy atom. The molecule has 1 aromatic carbocycles. The maximum atomic E-state index is 6.56. The summed E-state index contributed by atoms with van der Waals surface area (Å²) < 4.78 is 19.0. The third-order valence-electron chi connectivity index (χ3n) is 5.84. The molecule has 2 aliphatic rings. The first-order chi connectivity index (χ1) is 12.6. The molecule has 0 aromatic heterocycles. The molecule has 2 aliphatic heterocycles. The molecule has 3 rings (SSSR count). The molecule has 0 saturated carbocycles. The van der Waals surface area contributed by atoms with Crippen molar-refractivity contribution >= 4 is 40.1 Å². The fraction of sp³-hybridized carbons (Fsp3) is 0.684. The van der Waals surface area contributed by atoms with Gasteiger partial charge in [0.25, 0.3) is 0 Å². The molecule has 2 heterocycles. The van der Waals surface area contributed by atoms with Gasteiger partial charge in [-0.1, -0.05) is 17.7 Å². The van der Waals surface area contributed by atoms with Crippen molar-refractivity contribution in [3.63, 3.8) is 0 Å². The Morgan fingerprint density at radius 3 is 2.30 bits per heavy atom. The smallest absolute Gasteiger partial charge is 0.491 e. The van der Waals surface area contributed by atoms with E-state index >= 15 is 0 Å². The van der Waals surface area contributed by atoms with Crippen LogP contribution in [0.2, 0.25) is 5.02 Å². The maximum absolute atomic E-state index is 6.56. The van der Waals surface area contributed by atoms with Crippen LogP contribution in [-0.2, 0) is 9.31 Å². The van der Waals surface area contributed by atoms with Gasteiger partial charge in [-0.2, -0.15) is 0 Å². The lowest BCUT2D eigenvalue weighted by Gasteiger charge is -2.32. The molecule has 0 radical (unpaired) electrons. The standard InChI is InChI=1S/C19H29BBrClN2O3/c1-18(2)19(3,4)27-20(26-18)14-6-7-15(17(22)16(14)21)25-13-12-24-10-8-23(5)9-11-24/h6-7H,8-13H2,1-5H3. The van der Waals surface area contributed by atoms with Crippen LogP contribution in [0.1, 0.15) is 27.7 Å². The van der Waals surface area contributed by atoms with Crippen LogP contribution in [0.5, 0.6) is 5.75 Å². The van der Waals surface area contributed by atoms with Gasteiger partial charge in [-0.25, -0.2) is 0 Å². The maximum Gasteiger partial charge on any atom is 0.496 e. The minimum Gasteiger partial charge on any atom is -0.491 e. The molecular formula is C19H29BBrClN2O3. The zero-order chi connectivity index (χ0) is 19.8. The van der Waals surface area contributed by atoms with E-state index in [1.54, 1.807) is 0 Å². The van der Waals surface area contributed by atoms with Crippen LogP contribution in [0.4, 0.5) is 0 Å². The molecule has 1 aromatic rings. The number of halogens is 2.